The van der Waals surface area contributed by atoms with Crippen LogP contribution in [0.15, 0.2) is 71.8 Å². The van der Waals surface area contributed by atoms with Gasteiger partial charge in [-0.25, -0.2) is 22.6 Å². The predicted octanol–water partition coefficient (Wildman–Crippen LogP) is 3.18. The molecule has 27 heavy (non-hydrogen) atoms. The summed E-state index contributed by atoms with van der Waals surface area (Å²) in [6.07, 6.45) is 1.52. The predicted molar refractivity (Wildman–Crippen MR) is 99.5 cm³/mol. The van der Waals surface area contributed by atoms with Crippen LogP contribution in [0.25, 0.3) is 27.7 Å². The van der Waals surface area contributed by atoms with Crippen molar-refractivity contribution in [1.82, 2.24) is 9.78 Å². The van der Waals surface area contributed by atoms with Crippen molar-refractivity contribution in [2.45, 2.75) is 4.90 Å². The fourth-order valence-electron chi connectivity index (χ4n) is 2.89. The summed E-state index contributed by atoms with van der Waals surface area (Å²) in [5.74, 6) is -1.15. The number of nitrogens with zero attached hydrogens (tertiary/aromatic N) is 2. The minimum absolute atomic E-state index is 0.0413. The van der Waals surface area contributed by atoms with Crippen LogP contribution in [0.1, 0.15) is 0 Å². The van der Waals surface area contributed by atoms with E-state index >= 15 is 0 Å². The number of phenols is 1. The summed E-state index contributed by atoms with van der Waals surface area (Å²) in [6, 6.07) is 16.1. The molecule has 0 atom stereocenters. The highest BCUT2D eigenvalue weighted by Gasteiger charge is 2.11. The van der Waals surface area contributed by atoms with Gasteiger partial charge in [-0.05, 0) is 41.5 Å². The average Bonchev–Trinajstić information content (AvgIpc) is 3.04. The van der Waals surface area contributed by atoms with Gasteiger partial charge in [0.25, 0.3) is 0 Å². The molecule has 0 aliphatic rings. The zero-order chi connectivity index (χ0) is 19.2. The van der Waals surface area contributed by atoms with Crippen LogP contribution in [0, 0.1) is 5.82 Å². The van der Waals surface area contributed by atoms with E-state index in [2.05, 4.69) is 5.10 Å². The van der Waals surface area contributed by atoms with E-state index in [1.54, 1.807) is 28.9 Å². The zero-order valence-electron chi connectivity index (χ0n) is 13.9. The summed E-state index contributed by atoms with van der Waals surface area (Å²) in [6.45, 7) is 0. The van der Waals surface area contributed by atoms with Gasteiger partial charge in [-0.3, -0.25) is 0 Å². The van der Waals surface area contributed by atoms with E-state index in [0.717, 1.165) is 5.56 Å². The first-order valence-corrected chi connectivity index (χ1v) is 9.47. The number of fused-ring (bicyclic) bond motifs is 1. The number of aromatic hydroxyl groups is 1. The average molecular weight is 383 g/mol. The Hall–Kier alpha value is -3.23. The highest BCUT2D eigenvalue weighted by Crippen LogP contribution is 2.27. The van der Waals surface area contributed by atoms with Crippen molar-refractivity contribution in [3.05, 3.63) is 72.7 Å². The van der Waals surface area contributed by atoms with Gasteiger partial charge in [0.2, 0.25) is 10.0 Å². The number of rotatable bonds is 3. The third-order valence-corrected chi connectivity index (χ3v) is 5.16. The summed E-state index contributed by atoms with van der Waals surface area (Å²) in [4.78, 5) is 0.0413. The van der Waals surface area contributed by atoms with Crippen molar-refractivity contribution in [2.75, 3.05) is 0 Å². The topological polar surface area (TPSA) is 98.2 Å². The third kappa shape index (κ3) is 3.16. The van der Waals surface area contributed by atoms with Crippen molar-refractivity contribution < 1.29 is 17.9 Å². The maximum Gasteiger partial charge on any atom is 0.238 e. The van der Waals surface area contributed by atoms with E-state index in [1.807, 2.05) is 12.1 Å². The van der Waals surface area contributed by atoms with Crippen LogP contribution in [0.5, 0.6) is 5.75 Å². The molecule has 136 valence electrons. The number of nitrogens with two attached hydrogens (primary N) is 1. The summed E-state index contributed by atoms with van der Waals surface area (Å²) in [5.41, 5.74) is 2.79. The van der Waals surface area contributed by atoms with Crippen LogP contribution in [0.3, 0.4) is 0 Å². The molecule has 0 bridgehead atoms. The Kier molecular flexibility index (Phi) is 3.94. The Morgan fingerprint density at radius 3 is 2.44 bits per heavy atom. The lowest BCUT2D eigenvalue weighted by molar-refractivity contribution is 0.433. The van der Waals surface area contributed by atoms with E-state index in [-0.39, 0.29) is 4.90 Å². The molecule has 0 fully saturated rings. The minimum atomic E-state index is -3.78. The van der Waals surface area contributed by atoms with Crippen LogP contribution in [-0.4, -0.2) is 23.3 Å². The number of halogens is 1. The lowest BCUT2D eigenvalue weighted by atomic mass is 10.1. The molecule has 0 saturated carbocycles. The van der Waals surface area contributed by atoms with Crippen LogP contribution < -0.4 is 5.14 Å². The molecule has 6 nitrogen and oxygen atoms in total. The summed E-state index contributed by atoms with van der Waals surface area (Å²) in [7, 11) is -3.78. The number of phenolic OH excluding ortho intramolecular Hbond substituents is 1. The van der Waals surface area contributed by atoms with Crippen LogP contribution in [0.4, 0.5) is 4.39 Å². The van der Waals surface area contributed by atoms with Gasteiger partial charge in [0.15, 0.2) is 11.6 Å². The first kappa shape index (κ1) is 17.2. The molecule has 3 aromatic carbocycles. The second-order valence-corrected chi connectivity index (χ2v) is 7.60. The molecule has 0 saturated heterocycles. The van der Waals surface area contributed by atoms with Crippen LogP contribution >= 0.6 is 0 Å². The molecule has 0 radical (unpaired) electrons. The third-order valence-electron chi connectivity index (χ3n) is 4.24. The lowest BCUT2D eigenvalue weighted by Crippen LogP contribution is -2.11. The summed E-state index contributed by atoms with van der Waals surface area (Å²) in [5, 5.41) is 19.6. The van der Waals surface area contributed by atoms with Gasteiger partial charge in [0, 0.05) is 11.5 Å². The van der Waals surface area contributed by atoms with Crippen LogP contribution in [-0.2, 0) is 10.0 Å². The second-order valence-electron chi connectivity index (χ2n) is 6.04. The first-order valence-electron chi connectivity index (χ1n) is 7.93. The fourth-order valence-corrected chi connectivity index (χ4v) is 3.45. The molecule has 1 heterocycles. The van der Waals surface area contributed by atoms with Gasteiger partial charge in [-0.15, -0.1) is 0 Å². The highest BCUT2D eigenvalue weighted by molar-refractivity contribution is 7.89. The van der Waals surface area contributed by atoms with Crippen molar-refractivity contribution in [1.29, 1.82) is 0 Å². The maximum atomic E-state index is 13.5. The largest absolute Gasteiger partial charge is 0.505 e. The molecule has 0 unspecified atom stereocenters. The Balaban J connectivity index is 1.74. The summed E-state index contributed by atoms with van der Waals surface area (Å²) < 4.78 is 38.1. The molecule has 0 spiro atoms. The van der Waals surface area contributed by atoms with E-state index in [0.29, 0.717) is 22.2 Å². The van der Waals surface area contributed by atoms with Gasteiger partial charge in [0.05, 0.1) is 22.3 Å². The van der Waals surface area contributed by atoms with Gasteiger partial charge < -0.3 is 5.11 Å². The molecular weight excluding hydrogens is 369 g/mol. The molecule has 4 aromatic rings. The quantitative estimate of drug-likeness (QED) is 0.568. The van der Waals surface area contributed by atoms with E-state index in [1.165, 1.54) is 30.5 Å². The zero-order valence-corrected chi connectivity index (χ0v) is 14.7. The molecule has 8 heteroatoms. The fraction of sp³-hybridized carbons (Fsp3) is 0. The number of benzene rings is 3. The molecule has 0 amide bonds. The van der Waals surface area contributed by atoms with E-state index in [9.17, 15) is 17.9 Å². The van der Waals surface area contributed by atoms with Gasteiger partial charge in [0.1, 0.15) is 0 Å². The Bertz CT molecular complexity index is 1270. The number of hydrogen-bond acceptors (Lipinski definition) is 4. The number of sulfonamides is 1. The Labute approximate surface area is 154 Å². The lowest BCUT2D eigenvalue weighted by Gasteiger charge is -2.07. The number of hydrogen-bond donors (Lipinski definition) is 2. The van der Waals surface area contributed by atoms with Gasteiger partial charge >= 0.3 is 0 Å². The SMILES string of the molecule is NS(=O)(=O)c1cccc(-c2ccc(-n3ncc4cc(F)c(O)cc43)cc2)c1. The Morgan fingerprint density at radius 1 is 1.00 bits per heavy atom. The summed E-state index contributed by atoms with van der Waals surface area (Å²) >= 11 is 0. The van der Waals surface area contributed by atoms with Crippen molar-refractivity contribution in [3.8, 4) is 22.6 Å². The molecular formula is C19H14FN3O3S. The minimum Gasteiger partial charge on any atom is -0.505 e. The first-order chi connectivity index (χ1) is 12.8. The molecule has 3 N–H and O–H groups in total. The monoisotopic (exact) mass is 383 g/mol. The van der Waals surface area contributed by atoms with Crippen molar-refractivity contribution in [3.63, 3.8) is 0 Å². The van der Waals surface area contributed by atoms with E-state index in [4.69, 9.17) is 5.14 Å². The van der Waals surface area contributed by atoms with Gasteiger partial charge in [-0.2, -0.15) is 5.10 Å². The number of primary sulfonamides is 1. The smallest absolute Gasteiger partial charge is 0.238 e. The van der Waals surface area contributed by atoms with Crippen LogP contribution in [0.2, 0.25) is 0 Å². The normalized spacial score (nSPS) is 11.8. The molecule has 0 aliphatic heterocycles. The van der Waals surface area contributed by atoms with Gasteiger partial charge in [-0.1, -0.05) is 24.3 Å². The second kappa shape index (κ2) is 6.19. The molecule has 4 rings (SSSR count). The highest BCUT2D eigenvalue weighted by atomic mass is 32.2. The standard InChI is InChI=1S/C19H14FN3O3S/c20-17-9-14-11-22-23(18(14)10-19(17)24)15-6-4-12(5-7-15)13-2-1-3-16(8-13)27(21,25)26/h1-11,24H,(H2,21,25,26). The Morgan fingerprint density at radius 2 is 1.74 bits per heavy atom. The van der Waals surface area contributed by atoms with Crippen molar-refractivity contribution >= 4 is 20.9 Å². The number of aromatic nitrogens is 2. The molecule has 1 aromatic heterocycles. The maximum absolute atomic E-state index is 13.5. The van der Waals surface area contributed by atoms with Crippen molar-refractivity contribution in [2.24, 2.45) is 5.14 Å². The molecule has 0 aliphatic carbocycles. The van der Waals surface area contributed by atoms with E-state index < -0.39 is 21.6 Å².